The summed E-state index contributed by atoms with van der Waals surface area (Å²) in [5, 5.41) is 0. The number of carbonyl (C=O) groups excluding carboxylic acids is 1. The predicted molar refractivity (Wildman–Crippen MR) is 175 cm³/mol. The van der Waals surface area contributed by atoms with E-state index in [4.69, 9.17) is 0 Å². The molecule has 1 amide bonds. The minimum Gasteiger partial charge on any atom is -0.336 e. The minimum atomic E-state index is -3.97. The lowest BCUT2D eigenvalue weighted by molar-refractivity contribution is 0.0598. The Hall–Kier alpha value is -4.72. The molecule has 1 fully saturated rings. The Balaban J connectivity index is 1.28. The van der Waals surface area contributed by atoms with Gasteiger partial charge in [-0.1, -0.05) is 121 Å². The summed E-state index contributed by atoms with van der Waals surface area (Å²) in [5.74, 6) is -0.169. The van der Waals surface area contributed by atoms with Crippen LogP contribution in [0, 0.1) is 0 Å². The molecule has 0 saturated carbocycles. The lowest BCUT2D eigenvalue weighted by atomic mass is 9.96. The van der Waals surface area contributed by atoms with Crippen molar-refractivity contribution in [2.24, 2.45) is 0 Å². The van der Waals surface area contributed by atoms with Crippen LogP contribution < -0.4 is 4.31 Å². The van der Waals surface area contributed by atoms with E-state index in [1.54, 1.807) is 54.6 Å². The average Bonchev–Trinajstić information content (AvgIpc) is 3.09. The van der Waals surface area contributed by atoms with Crippen molar-refractivity contribution in [3.8, 4) is 0 Å². The predicted octanol–water partition coefficient (Wildman–Crippen LogP) is 6.63. The molecule has 0 aliphatic carbocycles. The quantitative estimate of drug-likeness (QED) is 0.190. The van der Waals surface area contributed by atoms with Gasteiger partial charge in [0.15, 0.2) is 0 Å². The number of para-hydroxylation sites is 1. The number of benzene rings is 5. The normalized spacial score (nSPS) is 14.0. The lowest BCUT2D eigenvalue weighted by Crippen LogP contribution is -2.50. The molecule has 0 spiro atoms. The molecule has 7 heteroatoms. The van der Waals surface area contributed by atoms with Gasteiger partial charge in [0.1, 0.15) is 0 Å². The molecule has 0 unspecified atom stereocenters. The number of hydrogen-bond acceptors (Lipinski definition) is 4. The number of amides is 1. The van der Waals surface area contributed by atoms with Gasteiger partial charge in [-0.15, -0.1) is 0 Å². The Bertz CT molecular complexity index is 1740. The molecule has 0 aromatic heterocycles. The van der Waals surface area contributed by atoms with Crippen LogP contribution in [0.4, 0.5) is 5.69 Å². The molecule has 5 aromatic carbocycles. The van der Waals surface area contributed by atoms with Crippen LogP contribution in [0.3, 0.4) is 0 Å². The van der Waals surface area contributed by atoms with Gasteiger partial charge < -0.3 is 4.90 Å². The van der Waals surface area contributed by atoms with E-state index in [0.717, 1.165) is 5.56 Å². The standard InChI is InChI=1S/C37H35N3O3S/c41-37(39-27-25-38(26-28-39)36(31-17-7-2-8-18-31)32-19-9-3-10-20-32)34-23-13-14-24-35(34)40(29-30-15-5-1-6-16-30)44(42,43)33-21-11-4-12-22-33/h1-24,36H,25-29H2. The Labute approximate surface area is 259 Å². The van der Waals surface area contributed by atoms with Crippen molar-refractivity contribution < 1.29 is 13.2 Å². The molecule has 6 nitrogen and oxygen atoms in total. The summed E-state index contributed by atoms with van der Waals surface area (Å²) < 4.78 is 29.5. The highest BCUT2D eigenvalue weighted by atomic mass is 32.2. The van der Waals surface area contributed by atoms with Crippen LogP contribution in [-0.2, 0) is 16.6 Å². The summed E-state index contributed by atoms with van der Waals surface area (Å²) in [5.41, 5.74) is 4.01. The highest BCUT2D eigenvalue weighted by molar-refractivity contribution is 7.92. The fourth-order valence-corrected chi connectivity index (χ4v) is 7.37. The maximum Gasteiger partial charge on any atom is 0.264 e. The largest absolute Gasteiger partial charge is 0.336 e. The van der Waals surface area contributed by atoms with Crippen molar-refractivity contribution in [3.05, 3.63) is 168 Å². The second kappa shape index (κ2) is 13.3. The van der Waals surface area contributed by atoms with Crippen molar-refractivity contribution in [2.45, 2.75) is 17.5 Å². The van der Waals surface area contributed by atoms with Gasteiger partial charge in [0.05, 0.1) is 28.7 Å². The fraction of sp³-hybridized carbons (Fsp3) is 0.162. The summed E-state index contributed by atoms with van der Waals surface area (Å²) in [7, 11) is -3.97. The van der Waals surface area contributed by atoms with Crippen molar-refractivity contribution in [2.75, 3.05) is 30.5 Å². The van der Waals surface area contributed by atoms with Crippen molar-refractivity contribution in [1.82, 2.24) is 9.80 Å². The highest BCUT2D eigenvalue weighted by Gasteiger charge is 2.32. The Morgan fingerprint density at radius 3 is 1.66 bits per heavy atom. The summed E-state index contributed by atoms with van der Waals surface area (Å²) in [4.78, 5) is 18.6. The summed E-state index contributed by atoms with van der Waals surface area (Å²) in [6, 6.07) is 45.9. The summed E-state index contributed by atoms with van der Waals surface area (Å²) >= 11 is 0. The molecule has 0 bridgehead atoms. The van der Waals surface area contributed by atoms with Gasteiger partial charge in [0.25, 0.3) is 15.9 Å². The Morgan fingerprint density at radius 1 is 0.614 bits per heavy atom. The third-order valence-electron chi connectivity index (χ3n) is 8.10. The lowest BCUT2D eigenvalue weighted by Gasteiger charge is -2.40. The maximum atomic E-state index is 14.1. The number of nitrogens with zero attached hydrogens (tertiary/aromatic N) is 3. The van der Waals surface area contributed by atoms with E-state index in [1.165, 1.54) is 15.4 Å². The molecular weight excluding hydrogens is 566 g/mol. The van der Waals surface area contributed by atoms with Crippen LogP contribution in [0.2, 0.25) is 0 Å². The molecule has 0 atom stereocenters. The zero-order valence-corrected chi connectivity index (χ0v) is 25.3. The number of sulfonamides is 1. The van der Waals surface area contributed by atoms with E-state index >= 15 is 0 Å². The third kappa shape index (κ3) is 6.30. The van der Waals surface area contributed by atoms with E-state index < -0.39 is 10.0 Å². The zero-order chi connectivity index (χ0) is 30.4. The van der Waals surface area contributed by atoms with E-state index in [9.17, 15) is 13.2 Å². The van der Waals surface area contributed by atoms with Gasteiger partial charge >= 0.3 is 0 Å². The number of piperazine rings is 1. The van der Waals surface area contributed by atoms with Gasteiger partial charge in [-0.25, -0.2) is 8.42 Å². The minimum absolute atomic E-state index is 0.0827. The van der Waals surface area contributed by atoms with Crippen LogP contribution >= 0.6 is 0 Å². The maximum absolute atomic E-state index is 14.1. The summed E-state index contributed by atoms with van der Waals surface area (Å²) in [6.07, 6.45) is 0. The molecule has 1 aliphatic heterocycles. The molecule has 0 N–H and O–H groups in total. The molecule has 1 heterocycles. The van der Waals surface area contributed by atoms with Gasteiger partial charge in [-0.2, -0.15) is 0 Å². The first-order chi connectivity index (χ1) is 21.5. The van der Waals surface area contributed by atoms with Gasteiger partial charge in [0, 0.05) is 26.2 Å². The molecule has 5 aromatic rings. The van der Waals surface area contributed by atoms with Gasteiger partial charge in [-0.05, 0) is 41.0 Å². The third-order valence-corrected chi connectivity index (χ3v) is 9.87. The average molecular weight is 602 g/mol. The molecule has 44 heavy (non-hydrogen) atoms. The second-order valence-corrected chi connectivity index (χ2v) is 12.7. The molecule has 1 aliphatic rings. The van der Waals surface area contributed by atoms with Crippen molar-refractivity contribution >= 4 is 21.6 Å². The van der Waals surface area contributed by atoms with Crippen molar-refractivity contribution in [3.63, 3.8) is 0 Å². The molecule has 1 saturated heterocycles. The number of anilines is 1. The van der Waals surface area contributed by atoms with E-state index in [0.29, 0.717) is 37.4 Å². The first kappa shape index (κ1) is 29.4. The van der Waals surface area contributed by atoms with E-state index in [1.807, 2.05) is 47.4 Å². The number of carbonyl (C=O) groups is 1. The smallest absolute Gasteiger partial charge is 0.264 e. The van der Waals surface area contributed by atoms with Crippen LogP contribution in [0.15, 0.2) is 150 Å². The highest BCUT2D eigenvalue weighted by Crippen LogP contribution is 2.32. The molecule has 222 valence electrons. The van der Waals surface area contributed by atoms with Gasteiger partial charge in [-0.3, -0.25) is 14.0 Å². The molecule has 0 radical (unpaired) electrons. The second-order valence-electron chi connectivity index (χ2n) is 10.9. The van der Waals surface area contributed by atoms with Crippen LogP contribution in [0.1, 0.15) is 33.1 Å². The van der Waals surface area contributed by atoms with E-state index in [2.05, 4.69) is 53.4 Å². The Kier molecular flexibility index (Phi) is 8.86. The van der Waals surface area contributed by atoms with Crippen molar-refractivity contribution in [1.29, 1.82) is 0 Å². The van der Waals surface area contributed by atoms with Gasteiger partial charge in [0.2, 0.25) is 0 Å². The first-order valence-electron chi connectivity index (χ1n) is 14.9. The Morgan fingerprint density at radius 2 is 1.09 bits per heavy atom. The monoisotopic (exact) mass is 601 g/mol. The first-order valence-corrected chi connectivity index (χ1v) is 16.3. The molecule has 6 rings (SSSR count). The van der Waals surface area contributed by atoms with Crippen LogP contribution in [0.25, 0.3) is 0 Å². The SMILES string of the molecule is O=C(c1ccccc1N(Cc1ccccc1)S(=O)(=O)c1ccccc1)N1CCN(C(c2ccccc2)c2ccccc2)CC1. The molecular formula is C37H35N3O3S. The van der Waals surface area contributed by atoms with Crippen LogP contribution in [-0.4, -0.2) is 50.3 Å². The van der Waals surface area contributed by atoms with E-state index in [-0.39, 0.29) is 23.4 Å². The van der Waals surface area contributed by atoms with Crippen LogP contribution in [0.5, 0.6) is 0 Å². The number of hydrogen-bond donors (Lipinski definition) is 0. The summed E-state index contributed by atoms with van der Waals surface area (Å²) in [6.45, 7) is 2.56. The fourth-order valence-electron chi connectivity index (χ4n) is 5.88. The topological polar surface area (TPSA) is 60.9 Å². The zero-order valence-electron chi connectivity index (χ0n) is 24.4. The number of rotatable bonds is 9.